The van der Waals surface area contributed by atoms with Crippen molar-refractivity contribution in [3.05, 3.63) is 0 Å². The molecule has 0 heterocycles. The van der Waals surface area contributed by atoms with Crippen LogP contribution >= 0.6 is 0 Å². The summed E-state index contributed by atoms with van der Waals surface area (Å²) in [5.41, 5.74) is 0. The third-order valence-electron chi connectivity index (χ3n) is 4.96. The van der Waals surface area contributed by atoms with Gasteiger partial charge in [-0.15, -0.1) is 0 Å². The molecule has 0 spiro atoms. The van der Waals surface area contributed by atoms with E-state index in [-0.39, 0.29) is 11.8 Å². The van der Waals surface area contributed by atoms with Gasteiger partial charge in [-0.1, -0.05) is 13.8 Å². The number of rotatable bonds is 3. The van der Waals surface area contributed by atoms with Crippen LogP contribution in [0.5, 0.6) is 0 Å². The van der Waals surface area contributed by atoms with Crippen LogP contribution in [0.1, 0.15) is 33.6 Å². The number of hydrogen-bond acceptors (Lipinski definition) is 2. The van der Waals surface area contributed by atoms with Gasteiger partial charge >= 0.3 is 5.97 Å². The number of aliphatic carboxylic acids is 1. The predicted molar refractivity (Wildman–Crippen MR) is 63.3 cm³/mol. The molecule has 0 aliphatic heterocycles. The van der Waals surface area contributed by atoms with E-state index >= 15 is 0 Å². The molecule has 2 aliphatic carbocycles. The Labute approximate surface area is 102 Å². The zero-order chi connectivity index (χ0) is 12.7. The van der Waals surface area contributed by atoms with Crippen molar-refractivity contribution in [2.75, 3.05) is 0 Å². The van der Waals surface area contributed by atoms with Crippen molar-refractivity contribution < 1.29 is 14.7 Å². The predicted octanol–water partition coefficient (Wildman–Crippen LogP) is 1.50. The lowest BCUT2D eigenvalue weighted by Crippen LogP contribution is -2.44. The minimum Gasteiger partial charge on any atom is -0.480 e. The van der Waals surface area contributed by atoms with Crippen molar-refractivity contribution in [3.63, 3.8) is 0 Å². The van der Waals surface area contributed by atoms with Crippen molar-refractivity contribution in [2.45, 2.75) is 39.7 Å². The number of fused-ring (bicyclic) bond motifs is 2. The molecular formula is C13H21NO3. The number of carboxylic acids is 1. The van der Waals surface area contributed by atoms with Crippen molar-refractivity contribution in [2.24, 2.45) is 29.6 Å². The molecule has 0 aromatic carbocycles. The fraction of sp³-hybridized carbons (Fsp3) is 0.846. The number of amides is 1. The Balaban J connectivity index is 1.97. The zero-order valence-electron chi connectivity index (χ0n) is 10.6. The first-order chi connectivity index (χ1) is 7.91. The summed E-state index contributed by atoms with van der Waals surface area (Å²) in [6.07, 6.45) is 2.08. The van der Waals surface area contributed by atoms with Crippen LogP contribution in [-0.2, 0) is 9.59 Å². The normalized spacial score (nSPS) is 41.2. The van der Waals surface area contributed by atoms with Crippen molar-refractivity contribution in [1.29, 1.82) is 0 Å². The topological polar surface area (TPSA) is 66.4 Å². The lowest BCUT2D eigenvalue weighted by atomic mass is 9.75. The molecule has 4 nitrogen and oxygen atoms in total. The number of nitrogens with one attached hydrogen (secondary N) is 1. The Bertz CT molecular complexity index is 340. The van der Waals surface area contributed by atoms with Crippen LogP contribution < -0.4 is 5.32 Å². The van der Waals surface area contributed by atoms with Gasteiger partial charge in [-0.3, -0.25) is 9.59 Å². The second kappa shape index (κ2) is 4.31. The van der Waals surface area contributed by atoms with Gasteiger partial charge in [-0.05, 0) is 43.4 Å². The Morgan fingerprint density at radius 3 is 2.35 bits per heavy atom. The average Bonchev–Trinajstić information content (AvgIpc) is 2.80. The molecule has 0 aromatic heterocycles. The van der Waals surface area contributed by atoms with E-state index in [9.17, 15) is 9.59 Å². The molecule has 0 aromatic rings. The summed E-state index contributed by atoms with van der Waals surface area (Å²) in [4.78, 5) is 22.7. The monoisotopic (exact) mass is 239 g/mol. The van der Waals surface area contributed by atoms with E-state index in [1.54, 1.807) is 0 Å². The molecule has 6 atom stereocenters. The van der Waals surface area contributed by atoms with Gasteiger partial charge in [0.15, 0.2) is 0 Å². The first-order valence-corrected chi connectivity index (χ1v) is 6.45. The van der Waals surface area contributed by atoms with E-state index in [1.807, 2.05) is 0 Å². The maximum Gasteiger partial charge on any atom is 0.325 e. The molecule has 1 amide bonds. The third kappa shape index (κ3) is 2.05. The first-order valence-electron chi connectivity index (χ1n) is 6.45. The van der Waals surface area contributed by atoms with Crippen molar-refractivity contribution >= 4 is 11.9 Å². The molecule has 6 unspecified atom stereocenters. The molecule has 2 N–H and O–H groups in total. The molecule has 4 heteroatoms. The molecular weight excluding hydrogens is 218 g/mol. The van der Waals surface area contributed by atoms with Gasteiger partial charge in [0.25, 0.3) is 0 Å². The summed E-state index contributed by atoms with van der Waals surface area (Å²) in [5.74, 6) is 1.41. The van der Waals surface area contributed by atoms with Gasteiger partial charge in [-0.25, -0.2) is 0 Å². The van der Waals surface area contributed by atoms with Gasteiger partial charge in [0.2, 0.25) is 5.91 Å². The quantitative estimate of drug-likeness (QED) is 0.784. The SMILES string of the molecule is CC(NC(=O)C1CC2CC1C(C)C2C)C(=O)O. The number of hydrogen-bond donors (Lipinski definition) is 2. The minimum absolute atomic E-state index is 0.0352. The van der Waals surface area contributed by atoms with Gasteiger partial charge in [0.05, 0.1) is 0 Å². The first kappa shape index (κ1) is 12.4. The fourth-order valence-corrected chi connectivity index (χ4v) is 3.62. The highest BCUT2D eigenvalue weighted by Gasteiger charge is 2.51. The average molecular weight is 239 g/mol. The summed E-state index contributed by atoms with van der Waals surface area (Å²) in [5, 5.41) is 11.4. The van der Waals surface area contributed by atoms with Crippen molar-refractivity contribution in [1.82, 2.24) is 5.32 Å². The largest absolute Gasteiger partial charge is 0.480 e. The Hall–Kier alpha value is -1.06. The van der Waals surface area contributed by atoms with E-state index in [4.69, 9.17) is 5.11 Å². The maximum absolute atomic E-state index is 12.0. The Morgan fingerprint density at radius 2 is 1.88 bits per heavy atom. The second-order valence-electron chi connectivity index (χ2n) is 5.79. The van der Waals surface area contributed by atoms with E-state index in [2.05, 4.69) is 19.2 Å². The van der Waals surface area contributed by atoms with E-state index < -0.39 is 12.0 Å². The minimum atomic E-state index is -0.970. The van der Waals surface area contributed by atoms with Crippen LogP contribution in [0, 0.1) is 29.6 Å². The van der Waals surface area contributed by atoms with Gasteiger partial charge in [0, 0.05) is 5.92 Å². The van der Waals surface area contributed by atoms with Crippen LogP contribution in [0.15, 0.2) is 0 Å². The lowest BCUT2D eigenvalue weighted by Gasteiger charge is -2.31. The highest BCUT2D eigenvalue weighted by Crippen LogP contribution is 2.54. The van der Waals surface area contributed by atoms with Gasteiger partial charge in [-0.2, -0.15) is 0 Å². The fourth-order valence-electron chi connectivity index (χ4n) is 3.62. The Kier molecular flexibility index (Phi) is 3.15. The molecule has 0 saturated heterocycles. The van der Waals surface area contributed by atoms with Crippen LogP contribution in [0.4, 0.5) is 0 Å². The molecule has 17 heavy (non-hydrogen) atoms. The summed E-state index contributed by atoms with van der Waals surface area (Å²) in [7, 11) is 0. The second-order valence-corrected chi connectivity index (χ2v) is 5.79. The Morgan fingerprint density at radius 1 is 1.24 bits per heavy atom. The maximum atomic E-state index is 12.0. The smallest absolute Gasteiger partial charge is 0.325 e. The lowest BCUT2D eigenvalue weighted by molar-refractivity contribution is -0.142. The molecule has 96 valence electrons. The van der Waals surface area contributed by atoms with E-state index in [1.165, 1.54) is 6.92 Å². The van der Waals surface area contributed by atoms with Gasteiger partial charge < -0.3 is 10.4 Å². The zero-order valence-corrected chi connectivity index (χ0v) is 10.6. The molecule has 2 rings (SSSR count). The van der Waals surface area contributed by atoms with Crippen LogP contribution in [0.25, 0.3) is 0 Å². The van der Waals surface area contributed by atoms with Crippen LogP contribution in [-0.4, -0.2) is 23.0 Å². The summed E-state index contributed by atoms with van der Waals surface area (Å²) >= 11 is 0. The standard InChI is InChI=1S/C13H21NO3/c1-6-7(2)10-4-9(6)5-11(10)12(15)14-8(3)13(16)17/h6-11H,4-5H2,1-3H3,(H,14,15)(H,16,17). The number of carbonyl (C=O) groups excluding carboxylic acids is 1. The summed E-state index contributed by atoms with van der Waals surface area (Å²) in [6.45, 7) is 6.00. The molecule has 2 saturated carbocycles. The van der Waals surface area contributed by atoms with E-state index in [0.717, 1.165) is 12.8 Å². The summed E-state index contributed by atoms with van der Waals surface area (Å²) < 4.78 is 0. The van der Waals surface area contributed by atoms with Crippen molar-refractivity contribution in [3.8, 4) is 0 Å². The van der Waals surface area contributed by atoms with Crippen LogP contribution in [0.2, 0.25) is 0 Å². The number of carboxylic acid groups (broad SMARTS) is 1. The molecule has 2 aliphatic rings. The van der Waals surface area contributed by atoms with Gasteiger partial charge in [0.1, 0.15) is 6.04 Å². The van der Waals surface area contributed by atoms with E-state index in [0.29, 0.717) is 23.7 Å². The third-order valence-corrected chi connectivity index (χ3v) is 4.96. The number of carbonyl (C=O) groups is 2. The molecule has 2 fully saturated rings. The molecule has 0 radical (unpaired) electrons. The molecule has 2 bridgehead atoms. The highest BCUT2D eigenvalue weighted by atomic mass is 16.4. The summed E-state index contributed by atoms with van der Waals surface area (Å²) in [6, 6.07) is -0.783. The highest BCUT2D eigenvalue weighted by molar-refractivity contribution is 5.85. The van der Waals surface area contributed by atoms with Crippen LogP contribution in [0.3, 0.4) is 0 Å².